The molecule has 0 atom stereocenters. The summed E-state index contributed by atoms with van der Waals surface area (Å²) in [6.07, 6.45) is 1.37. The molecule has 0 spiro atoms. The Hall–Kier alpha value is -4.66. The van der Waals surface area contributed by atoms with E-state index in [1.165, 1.54) is 37.6 Å². The van der Waals surface area contributed by atoms with Crippen LogP contribution in [0.2, 0.25) is 10.0 Å². The third kappa shape index (κ3) is 7.22. The number of nitrogens with one attached hydrogen (secondary N) is 2. The van der Waals surface area contributed by atoms with E-state index >= 15 is 0 Å². The van der Waals surface area contributed by atoms with E-state index in [0.29, 0.717) is 33.1 Å². The van der Waals surface area contributed by atoms with Gasteiger partial charge in [0.05, 0.1) is 29.5 Å². The lowest BCUT2D eigenvalue weighted by atomic mass is 10.1. The topological polar surface area (TPSA) is 106 Å². The van der Waals surface area contributed by atoms with E-state index < -0.39 is 17.8 Å². The number of carbonyl (C=O) groups is 3. The smallest absolute Gasteiger partial charge is 0.343 e. The molecule has 0 radical (unpaired) electrons. The van der Waals surface area contributed by atoms with Crippen LogP contribution in [-0.2, 0) is 0 Å². The van der Waals surface area contributed by atoms with Crippen LogP contribution in [0.1, 0.15) is 36.6 Å². The number of carbonyl (C=O) groups excluding carboxylic acids is 3. The molecule has 10 heteroatoms. The summed E-state index contributed by atoms with van der Waals surface area (Å²) in [7, 11) is 1.54. The average molecular weight is 562 g/mol. The minimum absolute atomic E-state index is 0.228. The summed E-state index contributed by atoms with van der Waals surface area (Å²) in [6.45, 7) is 0. The number of nitrogens with zero attached hydrogens (tertiary/aromatic N) is 1. The van der Waals surface area contributed by atoms with Crippen LogP contribution in [-0.4, -0.2) is 31.1 Å². The number of amides is 2. The van der Waals surface area contributed by atoms with Crippen molar-refractivity contribution < 1.29 is 23.9 Å². The highest BCUT2D eigenvalue weighted by molar-refractivity contribution is 6.37. The van der Waals surface area contributed by atoms with Gasteiger partial charge in [0.2, 0.25) is 0 Å². The molecule has 4 aromatic carbocycles. The van der Waals surface area contributed by atoms with Gasteiger partial charge in [-0.15, -0.1) is 0 Å². The van der Waals surface area contributed by atoms with Crippen LogP contribution in [0.4, 0.5) is 5.69 Å². The van der Waals surface area contributed by atoms with Crippen molar-refractivity contribution in [3.05, 3.63) is 123 Å². The Morgan fingerprint density at radius 1 is 0.821 bits per heavy atom. The predicted octanol–water partition coefficient (Wildman–Crippen LogP) is 6.24. The Morgan fingerprint density at radius 2 is 1.51 bits per heavy atom. The van der Waals surface area contributed by atoms with Gasteiger partial charge in [0.25, 0.3) is 11.8 Å². The summed E-state index contributed by atoms with van der Waals surface area (Å²) in [5.74, 6) is -0.537. The van der Waals surface area contributed by atoms with Crippen LogP contribution in [0.25, 0.3) is 0 Å². The SMILES string of the molecule is COc1ccc(C(=O)Oc2ccccc2/C=N\NC(=O)c2ccc(NC(=O)c3ccc(Cl)cc3Cl)cc2)cc1. The van der Waals surface area contributed by atoms with Crippen molar-refractivity contribution in [3.63, 3.8) is 0 Å². The van der Waals surface area contributed by atoms with E-state index in [2.05, 4.69) is 15.8 Å². The van der Waals surface area contributed by atoms with Crippen LogP contribution in [0.3, 0.4) is 0 Å². The summed E-state index contributed by atoms with van der Waals surface area (Å²) in [6, 6.07) is 24.1. The highest BCUT2D eigenvalue weighted by atomic mass is 35.5. The summed E-state index contributed by atoms with van der Waals surface area (Å²) in [4.78, 5) is 37.5. The fourth-order valence-electron chi connectivity index (χ4n) is 3.37. The molecule has 0 fully saturated rings. The number of hydrogen-bond donors (Lipinski definition) is 2. The van der Waals surface area contributed by atoms with Gasteiger partial charge in [0.15, 0.2) is 0 Å². The second kappa shape index (κ2) is 12.7. The Bertz CT molecular complexity index is 1540. The van der Waals surface area contributed by atoms with E-state index in [-0.39, 0.29) is 16.3 Å². The number of hydrogen-bond acceptors (Lipinski definition) is 6. The van der Waals surface area contributed by atoms with Gasteiger partial charge < -0.3 is 14.8 Å². The molecule has 0 unspecified atom stereocenters. The number of ether oxygens (including phenoxy) is 2. The van der Waals surface area contributed by atoms with E-state index in [9.17, 15) is 14.4 Å². The van der Waals surface area contributed by atoms with Crippen LogP contribution < -0.4 is 20.2 Å². The Labute approximate surface area is 234 Å². The van der Waals surface area contributed by atoms with Crippen molar-refractivity contribution in [2.75, 3.05) is 12.4 Å². The average Bonchev–Trinajstić information content (AvgIpc) is 2.94. The van der Waals surface area contributed by atoms with Gasteiger partial charge in [-0.05, 0) is 78.9 Å². The van der Waals surface area contributed by atoms with E-state index in [4.69, 9.17) is 32.7 Å². The first kappa shape index (κ1) is 27.4. The van der Waals surface area contributed by atoms with Crippen molar-refractivity contribution in [3.8, 4) is 11.5 Å². The predicted molar refractivity (Wildman–Crippen MR) is 150 cm³/mol. The molecule has 0 aliphatic carbocycles. The lowest BCUT2D eigenvalue weighted by Gasteiger charge is -2.08. The zero-order chi connectivity index (χ0) is 27.8. The molecule has 0 heterocycles. The number of anilines is 1. The Balaban J connectivity index is 1.35. The lowest BCUT2D eigenvalue weighted by Crippen LogP contribution is -2.18. The molecule has 0 bridgehead atoms. The number of rotatable bonds is 8. The van der Waals surface area contributed by atoms with Crippen LogP contribution in [0.5, 0.6) is 11.5 Å². The van der Waals surface area contributed by atoms with Crippen molar-refractivity contribution in [1.29, 1.82) is 0 Å². The molecule has 4 rings (SSSR count). The third-order valence-electron chi connectivity index (χ3n) is 5.40. The number of hydrazone groups is 1. The van der Waals surface area contributed by atoms with Gasteiger partial charge >= 0.3 is 5.97 Å². The highest BCUT2D eigenvalue weighted by Gasteiger charge is 2.13. The quantitative estimate of drug-likeness (QED) is 0.115. The van der Waals surface area contributed by atoms with E-state index in [1.54, 1.807) is 66.7 Å². The zero-order valence-electron chi connectivity index (χ0n) is 20.5. The molecular weight excluding hydrogens is 541 g/mol. The van der Waals surface area contributed by atoms with Gasteiger partial charge in [-0.2, -0.15) is 5.10 Å². The maximum atomic E-state index is 12.5. The van der Waals surface area contributed by atoms with Crippen molar-refractivity contribution >= 4 is 52.9 Å². The summed E-state index contributed by atoms with van der Waals surface area (Å²) < 4.78 is 10.6. The van der Waals surface area contributed by atoms with Gasteiger partial charge in [-0.3, -0.25) is 9.59 Å². The number of halogens is 2. The molecule has 196 valence electrons. The van der Waals surface area contributed by atoms with Crippen LogP contribution >= 0.6 is 23.2 Å². The molecule has 0 aliphatic rings. The molecule has 2 amide bonds. The first-order chi connectivity index (χ1) is 18.8. The molecular formula is C29H21Cl2N3O5. The third-order valence-corrected chi connectivity index (χ3v) is 5.95. The Morgan fingerprint density at radius 3 is 2.21 bits per heavy atom. The minimum Gasteiger partial charge on any atom is -0.497 e. The molecule has 0 saturated heterocycles. The Kier molecular flexibility index (Phi) is 8.94. The van der Waals surface area contributed by atoms with Crippen molar-refractivity contribution in [2.24, 2.45) is 5.10 Å². The zero-order valence-corrected chi connectivity index (χ0v) is 22.0. The fraction of sp³-hybridized carbons (Fsp3) is 0.0345. The molecule has 4 aromatic rings. The summed E-state index contributed by atoms with van der Waals surface area (Å²) >= 11 is 12.0. The molecule has 8 nitrogen and oxygen atoms in total. The molecule has 2 N–H and O–H groups in total. The first-order valence-electron chi connectivity index (χ1n) is 11.5. The van der Waals surface area contributed by atoms with Gasteiger partial charge in [0.1, 0.15) is 11.5 Å². The normalized spacial score (nSPS) is 10.6. The van der Waals surface area contributed by atoms with Crippen LogP contribution in [0, 0.1) is 0 Å². The highest BCUT2D eigenvalue weighted by Crippen LogP contribution is 2.22. The van der Waals surface area contributed by atoms with Crippen molar-refractivity contribution in [1.82, 2.24) is 5.43 Å². The second-order valence-electron chi connectivity index (χ2n) is 8.01. The standard InChI is InChI=1S/C29H21Cl2N3O5/c1-38-23-13-8-19(9-14-23)29(37)39-26-5-3-2-4-20(26)17-32-34-27(35)18-6-11-22(12-7-18)33-28(36)24-15-10-21(30)16-25(24)31/h2-17H,1H3,(H,33,36)(H,34,35)/b32-17-. The van der Waals surface area contributed by atoms with Gasteiger partial charge in [-0.25, -0.2) is 10.2 Å². The van der Waals surface area contributed by atoms with Crippen molar-refractivity contribution in [2.45, 2.75) is 0 Å². The largest absolute Gasteiger partial charge is 0.497 e. The monoisotopic (exact) mass is 561 g/mol. The van der Waals surface area contributed by atoms with Gasteiger partial charge in [0, 0.05) is 21.8 Å². The number of benzene rings is 4. The fourth-order valence-corrected chi connectivity index (χ4v) is 3.86. The molecule has 0 saturated carbocycles. The van der Waals surface area contributed by atoms with E-state index in [1.807, 2.05) is 0 Å². The number of para-hydroxylation sites is 1. The summed E-state index contributed by atoms with van der Waals surface area (Å²) in [5.41, 5.74) is 4.32. The molecule has 39 heavy (non-hydrogen) atoms. The lowest BCUT2D eigenvalue weighted by molar-refractivity contribution is 0.0733. The number of esters is 1. The maximum absolute atomic E-state index is 12.5. The molecule has 0 aliphatic heterocycles. The first-order valence-corrected chi connectivity index (χ1v) is 12.2. The number of methoxy groups -OCH3 is 1. The minimum atomic E-state index is -0.548. The van der Waals surface area contributed by atoms with Crippen LogP contribution in [0.15, 0.2) is 96.1 Å². The molecule has 0 aromatic heterocycles. The van der Waals surface area contributed by atoms with E-state index in [0.717, 1.165) is 0 Å². The maximum Gasteiger partial charge on any atom is 0.343 e. The summed E-state index contributed by atoms with van der Waals surface area (Å²) in [5, 5.41) is 7.35. The van der Waals surface area contributed by atoms with Gasteiger partial charge in [-0.1, -0.05) is 35.3 Å². The second-order valence-corrected chi connectivity index (χ2v) is 8.85.